The van der Waals surface area contributed by atoms with E-state index < -0.39 is 5.97 Å². The molecule has 0 unspecified atom stereocenters. The molecule has 2 rings (SSSR count). The van der Waals surface area contributed by atoms with Gasteiger partial charge in [0, 0.05) is 6.08 Å². The molecule has 5 nitrogen and oxygen atoms in total. The number of ether oxygens (including phenoxy) is 3. The number of benzene rings is 2. The van der Waals surface area contributed by atoms with Gasteiger partial charge in [-0.05, 0) is 74.2 Å². The van der Waals surface area contributed by atoms with E-state index in [2.05, 4.69) is 13.8 Å². The average molecular weight is 537 g/mol. The highest BCUT2D eigenvalue weighted by Crippen LogP contribution is 2.18. The zero-order chi connectivity index (χ0) is 28.1. The predicted molar refractivity (Wildman–Crippen MR) is 159 cm³/mol. The maximum absolute atomic E-state index is 12.5. The lowest BCUT2D eigenvalue weighted by Crippen LogP contribution is -2.12. The first-order valence-corrected chi connectivity index (χ1v) is 15.0. The first-order valence-electron chi connectivity index (χ1n) is 15.0. The second-order valence-corrected chi connectivity index (χ2v) is 10.2. The van der Waals surface area contributed by atoms with Crippen molar-refractivity contribution in [1.82, 2.24) is 0 Å². The molecular weight excluding hydrogens is 488 g/mol. The molecule has 0 heterocycles. The molecule has 0 fully saturated rings. The van der Waals surface area contributed by atoms with Crippen molar-refractivity contribution in [2.45, 2.75) is 110 Å². The van der Waals surface area contributed by atoms with E-state index >= 15 is 0 Å². The third-order valence-electron chi connectivity index (χ3n) is 6.64. The quantitative estimate of drug-likeness (QED) is 0.0730. The number of esters is 2. The van der Waals surface area contributed by atoms with Crippen molar-refractivity contribution in [2.24, 2.45) is 0 Å². The lowest BCUT2D eigenvalue weighted by atomic mass is 10.1. The van der Waals surface area contributed by atoms with E-state index in [-0.39, 0.29) is 12.1 Å². The molecule has 0 amide bonds. The van der Waals surface area contributed by atoms with E-state index in [0.717, 1.165) is 30.6 Å². The molecule has 0 N–H and O–H groups in total. The van der Waals surface area contributed by atoms with Gasteiger partial charge in [0.1, 0.15) is 11.5 Å². The summed E-state index contributed by atoms with van der Waals surface area (Å²) in [5, 5.41) is 0. The fourth-order valence-electron chi connectivity index (χ4n) is 4.25. The highest BCUT2D eigenvalue weighted by molar-refractivity contribution is 5.91. The molecule has 2 aromatic rings. The summed E-state index contributed by atoms with van der Waals surface area (Å²) in [6.45, 7) is 7.04. The molecule has 1 atom stereocenters. The van der Waals surface area contributed by atoms with Crippen LogP contribution in [0.25, 0.3) is 6.08 Å². The number of hydrogen-bond donors (Lipinski definition) is 0. The van der Waals surface area contributed by atoms with E-state index in [0.29, 0.717) is 17.9 Å². The van der Waals surface area contributed by atoms with Crippen molar-refractivity contribution in [3.05, 3.63) is 65.7 Å². The first kappa shape index (κ1) is 32.1. The van der Waals surface area contributed by atoms with Crippen LogP contribution in [0, 0.1) is 0 Å². The van der Waals surface area contributed by atoms with Gasteiger partial charge in [0.2, 0.25) is 0 Å². The average Bonchev–Trinajstić information content (AvgIpc) is 2.94. The highest BCUT2D eigenvalue weighted by Gasteiger charge is 2.09. The Morgan fingerprint density at radius 2 is 1.28 bits per heavy atom. The molecule has 5 heteroatoms. The minimum atomic E-state index is -0.426. The molecule has 0 bridgehead atoms. The third-order valence-corrected chi connectivity index (χ3v) is 6.64. The van der Waals surface area contributed by atoms with Crippen LogP contribution in [0.5, 0.6) is 11.5 Å². The fourth-order valence-corrected chi connectivity index (χ4v) is 4.25. The van der Waals surface area contributed by atoms with Crippen molar-refractivity contribution in [1.29, 1.82) is 0 Å². The minimum absolute atomic E-state index is 0.0867. The third kappa shape index (κ3) is 14.6. The number of carbonyl (C=O) groups excluding carboxylic acids is 2. The standard InChI is InChI=1S/C34H48O5/c1-4-6-8-10-11-12-13-15-27-37-31-24-20-30(21-25-31)34(36)39-32-22-17-29(18-23-32)19-26-33(35)38-28(3)16-14-9-7-5-2/h17-26,28H,4-16,27H2,1-3H3/t28-/m1/s1. The molecular formula is C34H48O5. The van der Waals surface area contributed by atoms with Crippen molar-refractivity contribution in [3.8, 4) is 11.5 Å². The highest BCUT2D eigenvalue weighted by atomic mass is 16.5. The van der Waals surface area contributed by atoms with Gasteiger partial charge in [-0.25, -0.2) is 9.59 Å². The molecule has 214 valence electrons. The summed E-state index contributed by atoms with van der Waals surface area (Å²) in [6.07, 6.45) is 18.7. The summed E-state index contributed by atoms with van der Waals surface area (Å²) < 4.78 is 16.7. The van der Waals surface area contributed by atoms with Crippen LogP contribution >= 0.6 is 0 Å². The Morgan fingerprint density at radius 1 is 0.718 bits per heavy atom. The van der Waals surface area contributed by atoms with Crippen LogP contribution in [0.2, 0.25) is 0 Å². The summed E-state index contributed by atoms with van der Waals surface area (Å²) >= 11 is 0. The Kier molecular flexibility index (Phi) is 16.4. The second kappa shape index (κ2) is 19.9. The maximum atomic E-state index is 12.5. The molecule has 0 saturated carbocycles. The summed E-state index contributed by atoms with van der Waals surface area (Å²) in [7, 11) is 0. The minimum Gasteiger partial charge on any atom is -0.494 e. The molecule has 0 saturated heterocycles. The summed E-state index contributed by atoms with van der Waals surface area (Å²) in [6, 6.07) is 14.1. The van der Waals surface area contributed by atoms with Gasteiger partial charge in [-0.2, -0.15) is 0 Å². The summed E-state index contributed by atoms with van der Waals surface area (Å²) in [4.78, 5) is 24.6. The van der Waals surface area contributed by atoms with Gasteiger partial charge in [0.25, 0.3) is 0 Å². The monoisotopic (exact) mass is 536 g/mol. The van der Waals surface area contributed by atoms with Gasteiger partial charge in [-0.1, -0.05) is 90.2 Å². The Bertz CT molecular complexity index is 962. The van der Waals surface area contributed by atoms with E-state index in [1.54, 1.807) is 54.6 Å². The van der Waals surface area contributed by atoms with Crippen molar-refractivity contribution in [3.63, 3.8) is 0 Å². The summed E-state index contributed by atoms with van der Waals surface area (Å²) in [5.41, 5.74) is 1.28. The van der Waals surface area contributed by atoms with Gasteiger partial charge in [-0.15, -0.1) is 0 Å². The molecule has 0 radical (unpaired) electrons. The Hall–Kier alpha value is -3.08. The van der Waals surface area contributed by atoms with Gasteiger partial charge >= 0.3 is 11.9 Å². The van der Waals surface area contributed by atoms with E-state index in [4.69, 9.17) is 14.2 Å². The lowest BCUT2D eigenvalue weighted by molar-refractivity contribution is -0.142. The molecule has 0 aliphatic carbocycles. The summed E-state index contributed by atoms with van der Waals surface area (Å²) in [5.74, 6) is 0.425. The van der Waals surface area contributed by atoms with Crippen LogP contribution < -0.4 is 9.47 Å². The van der Waals surface area contributed by atoms with E-state index in [1.165, 1.54) is 70.3 Å². The number of rotatable bonds is 20. The SMILES string of the molecule is CCCCCCCCCCOc1ccc(C(=O)Oc2ccc(C=CC(=O)O[C@H](C)CCCCCC)cc2)cc1. The van der Waals surface area contributed by atoms with Crippen LogP contribution in [0.1, 0.15) is 120 Å². The molecule has 0 aliphatic heterocycles. The second-order valence-electron chi connectivity index (χ2n) is 10.2. The zero-order valence-corrected chi connectivity index (χ0v) is 24.3. The Balaban J connectivity index is 1.68. The van der Waals surface area contributed by atoms with Gasteiger partial charge in [0.15, 0.2) is 0 Å². The van der Waals surface area contributed by atoms with Crippen molar-refractivity contribution in [2.75, 3.05) is 6.61 Å². The van der Waals surface area contributed by atoms with E-state index in [9.17, 15) is 9.59 Å². The van der Waals surface area contributed by atoms with Gasteiger partial charge < -0.3 is 14.2 Å². The van der Waals surface area contributed by atoms with E-state index in [1.807, 2.05) is 6.92 Å². The predicted octanol–water partition coefficient (Wildman–Crippen LogP) is 9.34. The fraction of sp³-hybridized carbons (Fsp3) is 0.529. The first-order chi connectivity index (χ1) is 19.0. The lowest BCUT2D eigenvalue weighted by Gasteiger charge is -2.11. The molecule has 0 aromatic heterocycles. The van der Waals surface area contributed by atoms with Crippen LogP contribution in [-0.4, -0.2) is 24.6 Å². The van der Waals surface area contributed by atoms with Crippen LogP contribution in [0.4, 0.5) is 0 Å². The largest absolute Gasteiger partial charge is 0.494 e. The smallest absolute Gasteiger partial charge is 0.343 e. The molecule has 2 aromatic carbocycles. The van der Waals surface area contributed by atoms with Gasteiger partial charge in [-0.3, -0.25) is 0 Å². The van der Waals surface area contributed by atoms with Crippen LogP contribution in [0.15, 0.2) is 54.6 Å². The number of hydrogen-bond acceptors (Lipinski definition) is 5. The molecule has 0 spiro atoms. The van der Waals surface area contributed by atoms with Crippen LogP contribution in [-0.2, 0) is 9.53 Å². The van der Waals surface area contributed by atoms with Gasteiger partial charge in [0.05, 0.1) is 18.3 Å². The molecule has 39 heavy (non-hydrogen) atoms. The van der Waals surface area contributed by atoms with Crippen LogP contribution in [0.3, 0.4) is 0 Å². The number of unbranched alkanes of at least 4 members (excludes halogenated alkanes) is 10. The number of carbonyl (C=O) groups is 2. The van der Waals surface area contributed by atoms with Crippen molar-refractivity contribution >= 4 is 18.0 Å². The zero-order valence-electron chi connectivity index (χ0n) is 24.3. The normalized spacial score (nSPS) is 11.9. The van der Waals surface area contributed by atoms with Crippen molar-refractivity contribution < 1.29 is 23.8 Å². The Labute approximate surface area is 235 Å². The maximum Gasteiger partial charge on any atom is 0.343 e. The molecule has 0 aliphatic rings. The topological polar surface area (TPSA) is 61.8 Å². The Morgan fingerprint density at radius 3 is 1.92 bits per heavy atom.